The highest BCUT2D eigenvalue weighted by Crippen LogP contribution is 2.21. The molecule has 1 heterocycles. The van der Waals surface area contributed by atoms with E-state index < -0.39 is 0 Å². The van der Waals surface area contributed by atoms with Crippen LogP contribution in [0.4, 0.5) is 0 Å². The van der Waals surface area contributed by atoms with E-state index in [0.29, 0.717) is 18.9 Å². The van der Waals surface area contributed by atoms with Crippen molar-refractivity contribution in [1.29, 1.82) is 0 Å². The quantitative estimate of drug-likeness (QED) is 0.0963. The summed E-state index contributed by atoms with van der Waals surface area (Å²) in [5.74, 6) is 0.366. The molecule has 0 spiro atoms. The molecule has 1 rings (SSSR count). The molecule has 0 aromatic rings. The van der Waals surface area contributed by atoms with Crippen molar-refractivity contribution in [2.24, 2.45) is 5.92 Å². The van der Waals surface area contributed by atoms with Crippen molar-refractivity contribution in [3.8, 4) is 0 Å². The predicted molar refractivity (Wildman–Crippen MR) is 143 cm³/mol. The molecule has 0 saturated carbocycles. The number of carbonyl (C=O) groups is 1. The number of hydrogen-bond acceptors (Lipinski definition) is 4. The fourth-order valence-electron chi connectivity index (χ4n) is 4.79. The smallest absolute Gasteiger partial charge is 0.305 e. The van der Waals surface area contributed by atoms with Crippen LogP contribution < -0.4 is 0 Å². The maximum atomic E-state index is 11.7. The Balaban J connectivity index is 1.77. The minimum absolute atomic E-state index is 0.0549. The van der Waals surface area contributed by atoms with Crippen molar-refractivity contribution in [1.82, 2.24) is 0 Å². The van der Waals surface area contributed by atoms with Crippen molar-refractivity contribution in [2.75, 3.05) is 26.4 Å². The molecule has 34 heavy (non-hydrogen) atoms. The second-order valence-corrected chi connectivity index (χ2v) is 10.6. The van der Waals surface area contributed by atoms with Gasteiger partial charge in [-0.2, -0.15) is 0 Å². The molecule has 1 aliphatic heterocycles. The lowest BCUT2D eigenvalue weighted by atomic mass is 10.0. The SMILES string of the molecule is CCCCCCCCCCCCCCCCCCOCC1COC(COC(=O)CCCCC)C1. The van der Waals surface area contributed by atoms with Crippen molar-refractivity contribution < 1.29 is 19.0 Å². The van der Waals surface area contributed by atoms with Crippen molar-refractivity contribution in [3.63, 3.8) is 0 Å². The molecule has 2 unspecified atom stereocenters. The molecule has 1 saturated heterocycles. The zero-order valence-electron chi connectivity index (χ0n) is 23.0. The molecule has 202 valence electrons. The van der Waals surface area contributed by atoms with Gasteiger partial charge in [0, 0.05) is 18.9 Å². The van der Waals surface area contributed by atoms with Gasteiger partial charge in [-0.1, -0.05) is 123 Å². The molecular formula is C30H58O4. The van der Waals surface area contributed by atoms with Gasteiger partial charge in [-0.15, -0.1) is 0 Å². The molecule has 0 aromatic carbocycles. The second kappa shape index (κ2) is 24.1. The van der Waals surface area contributed by atoms with Gasteiger partial charge in [0.1, 0.15) is 6.61 Å². The highest BCUT2D eigenvalue weighted by atomic mass is 16.6. The maximum Gasteiger partial charge on any atom is 0.305 e. The van der Waals surface area contributed by atoms with E-state index in [0.717, 1.165) is 45.5 Å². The third-order valence-electron chi connectivity index (χ3n) is 7.07. The molecule has 0 aromatic heterocycles. The van der Waals surface area contributed by atoms with Gasteiger partial charge in [-0.3, -0.25) is 4.79 Å². The molecule has 0 N–H and O–H groups in total. The minimum Gasteiger partial charge on any atom is -0.463 e. The third-order valence-corrected chi connectivity index (χ3v) is 7.07. The van der Waals surface area contributed by atoms with Gasteiger partial charge in [0.15, 0.2) is 0 Å². The molecule has 4 heteroatoms. The summed E-state index contributed by atoms with van der Waals surface area (Å²) in [5.41, 5.74) is 0. The topological polar surface area (TPSA) is 44.8 Å². The fourth-order valence-corrected chi connectivity index (χ4v) is 4.79. The van der Waals surface area contributed by atoms with Crippen LogP contribution in [0.25, 0.3) is 0 Å². The van der Waals surface area contributed by atoms with Gasteiger partial charge in [-0.05, 0) is 19.3 Å². The lowest BCUT2D eigenvalue weighted by molar-refractivity contribution is -0.147. The molecule has 1 aliphatic rings. The van der Waals surface area contributed by atoms with Crippen molar-refractivity contribution in [3.05, 3.63) is 0 Å². The van der Waals surface area contributed by atoms with Gasteiger partial charge in [-0.25, -0.2) is 0 Å². The largest absolute Gasteiger partial charge is 0.463 e. The Morgan fingerprint density at radius 3 is 1.74 bits per heavy atom. The van der Waals surface area contributed by atoms with E-state index in [9.17, 15) is 4.79 Å². The second-order valence-electron chi connectivity index (χ2n) is 10.6. The lowest BCUT2D eigenvalue weighted by Gasteiger charge is -2.11. The number of unbranched alkanes of at least 4 members (excludes halogenated alkanes) is 17. The van der Waals surface area contributed by atoms with Crippen LogP contribution in [0.2, 0.25) is 0 Å². The Bertz CT molecular complexity index is 440. The summed E-state index contributed by atoms with van der Waals surface area (Å²) >= 11 is 0. The third kappa shape index (κ3) is 19.7. The molecule has 4 nitrogen and oxygen atoms in total. The standard InChI is InChI=1S/C30H58O4/c1-3-5-7-8-9-10-11-12-13-14-15-16-17-18-19-21-23-32-25-28-24-29(33-26-28)27-34-30(31)22-20-6-4-2/h28-29H,3-27H2,1-2H3. The zero-order chi connectivity index (χ0) is 24.5. The summed E-state index contributed by atoms with van der Waals surface area (Å²) in [5, 5.41) is 0. The van der Waals surface area contributed by atoms with Crippen LogP contribution in [-0.2, 0) is 19.0 Å². The zero-order valence-corrected chi connectivity index (χ0v) is 23.0. The van der Waals surface area contributed by atoms with Gasteiger partial charge in [0.2, 0.25) is 0 Å². The highest BCUT2D eigenvalue weighted by molar-refractivity contribution is 5.69. The van der Waals surface area contributed by atoms with E-state index in [-0.39, 0.29) is 12.1 Å². The van der Waals surface area contributed by atoms with Gasteiger partial charge in [0.25, 0.3) is 0 Å². The average molecular weight is 483 g/mol. The van der Waals surface area contributed by atoms with E-state index in [2.05, 4.69) is 13.8 Å². The lowest BCUT2D eigenvalue weighted by Crippen LogP contribution is -2.18. The summed E-state index contributed by atoms with van der Waals surface area (Å²) in [7, 11) is 0. The normalized spacial score (nSPS) is 17.9. The van der Waals surface area contributed by atoms with Crippen molar-refractivity contribution >= 4 is 5.97 Å². The Kier molecular flexibility index (Phi) is 22.3. The van der Waals surface area contributed by atoms with Crippen LogP contribution in [0, 0.1) is 5.92 Å². The minimum atomic E-state index is -0.0831. The number of rotatable bonds is 25. The Morgan fingerprint density at radius 2 is 1.18 bits per heavy atom. The molecule has 2 atom stereocenters. The monoisotopic (exact) mass is 482 g/mol. The number of hydrogen-bond donors (Lipinski definition) is 0. The molecule has 0 aliphatic carbocycles. The number of carbonyl (C=O) groups excluding carboxylic acids is 1. The first-order valence-corrected chi connectivity index (χ1v) is 15.1. The molecule has 0 bridgehead atoms. The Morgan fingerprint density at radius 1 is 0.676 bits per heavy atom. The summed E-state index contributed by atoms with van der Waals surface area (Å²) in [4.78, 5) is 11.7. The van der Waals surface area contributed by atoms with Crippen LogP contribution >= 0.6 is 0 Å². The summed E-state index contributed by atoms with van der Waals surface area (Å²) in [6.45, 7) is 7.21. The Hall–Kier alpha value is -0.610. The van der Waals surface area contributed by atoms with Crippen LogP contribution in [0.3, 0.4) is 0 Å². The maximum absolute atomic E-state index is 11.7. The van der Waals surface area contributed by atoms with Crippen molar-refractivity contribution in [2.45, 2.75) is 155 Å². The molecular weight excluding hydrogens is 424 g/mol. The van der Waals surface area contributed by atoms with E-state index in [1.165, 1.54) is 103 Å². The Labute approximate surface area is 212 Å². The fraction of sp³-hybridized carbons (Fsp3) is 0.967. The predicted octanol–water partition coefficient (Wildman–Crippen LogP) is 8.79. The van der Waals surface area contributed by atoms with E-state index in [1.807, 2.05) is 0 Å². The number of esters is 1. The van der Waals surface area contributed by atoms with Crippen LogP contribution in [0.5, 0.6) is 0 Å². The van der Waals surface area contributed by atoms with Gasteiger partial charge < -0.3 is 14.2 Å². The molecule has 0 radical (unpaired) electrons. The highest BCUT2D eigenvalue weighted by Gasteiger charge is 2.26. The van der Waals surface area contributed by atoms with Crippen LogP contribution in [-0.4, -0.2) is 38.5 Å². The first-order valence-electron chi connectivity index (χ1n) is 15.1. The van der Waals surface area contributed by atoms with Crippen LogP contribution in [0.1, 0.15) is 149 Å². The summed E-state index contributed by atoms with van der Waals surface area (Å²) in [6.07, 6.45) is 27.0. The van der Waals surface area contributed by atoms with Gasteiger partial charge in [0.05, 0.1) is 19.3 Å². The molecule has 0 amide bonds. The van der Waals surface area contributed by atoms with E-state index in [1.54, 1.807) is 0 Å². The first-order chi connectivity index (χ1) is 16.8. The summed E-state index contributed by atoms with van der Waals surface area (Å²) < 4.78 is 17.0. The van der Waals surface area contributed by atoms with E-state index >= 15 is 0 Å². The first kappa shape index (κ1) is 31.4. The number of ether oxygens (including phenoxy) is 3. The van der Waals surface area contributed by atoms with E-state index in [4.69, 9.17) is 14.2 Å². The van der Waals surface area contributed by atoms with Crippen LogP contribution in [0.15, 0.2) is 0 Å². The average Bonchev–Trinajstić information content (AvgIpc) is 3.30. The summed E-state index contributed by atoms with van der Waals surface area (Å²) in [6, 6.07) is 0. The molecule has 1 fully saturated rings. The van der Waals surface area contributed by atoms with Gasteiger partial charge >= 0.3 is 5.97 Å².